The highest BCUT2D eigenvalue weighted by Gasteiger charge is 2.24. The van der Waals surface area contributed by atoms with Crippen molar-refractivity contribution >= 4 is 35.0 Å². The van der Waals surface area contributed by atoms with Crippen molar-refractivity contribution in [1.82, 2.24) is 9.36 Å². The summed E-state index contributed by atoms with van der Waals surface area (Å²) in [5.74, 6) is 0.108. The number of anilines is 1. The van der Waals surface area contributed by atoms with Crippen LogP contribution >= 0.6 is 23.1 Å². The fraction of sp³-hybridized carbons (Fsp3) is 0.308. The lowest BCUT2D eigenvalue weighted by Gasteiger charge is -2.07. The van der Waals surface area contributed by atoms with Gasteiger partial charge in [-0.15, -0.1) is 0 Å². The molecular formula is C13H12ClN3O2S. The van der Waals surface area contributed by atoms with E-state index in [4.69, 9.17) is 16.3 Å². The SMILES string of the molecule is O=C(Nc1nsc(-c2ccccc2Cl)n1)[C@H]1CCCO1. The molecule has 2 heterocycles. The maximum atomic E-state index is 11.9. The van der Waals surface area contributed by atoms with E-state index >= 15 is 0 Å². The van der Waals surface area contributed by atoms with E-state index in [1.165, 1.54) is 11.5 Å². The maximum Gasteiger partial charge on any atom is 0.255 e. The maximum absolute atomic E-state index is 11.9. The number of carbonyl (C=O) groups excluding carboxylic acids is 1. The third-order valence-electron chi connectivity index (χ3n) is 2.99. The summed E-state index contributed by atoms with van der Waals surface area (Å²) >= 11 is 7.31. The first-order valence-electron chi connectivity index (χ1n) is 6.25. The van der Waals surface area contributed by atoms with E-state index < -0.39 is 0 Å². The Morgan fingerprint density at radius 2 is 2.30 bits per heavy atom. The topological polar surface area (TPSA) is 64.1 Å². The van der Waals surface area contributed by atoms with Gasteiger partial charge in [0, 0.05) is 12.2 Å². The number of benzene rings is 1. The van der Waals surface area contributed by atoms with Crippen LogP contribution in [0.1, 0.15) is 12.8 Å². The van der Waals surface area contributed by atoms with Gasteiger partial charge in [0.05, 0.1) is 5.02 Å². The smallest absolute Gasteiger partial charge is 0.255 e. The number of ether oxygens (including phenoxy) is 1. The second kappa shape index (κ2) is 5.87. The molecule has 0 aliphatic carbocycles. The predicted molar refractivity (Wildman–Crippen MR) is 78.0 cm³/mol. The summed E-state index contributed by atoms with van der Waals surface area (Å²) < 4.78 is 9.44. The molecule has 1 atom stereocenters. The molecule has 0 spiro atoms. The Morgan fingerprint density at radius 1 is 1.45 bits per heavy atom. The number of nitrogens with zero attached hydrogens (tertiary/aromatic N) is 2. The number of hydrogen-bond acceptors (Lipinski definition) is 5. The van der Waals surface area contributed by atoms with Crippen LogP contribution < -0.4 is 5.32 Å². The van der Waals surface area contributed by atoms with Crippen molar-refractivity contribution in [3.8, 4) is 10.6 Å². The molecular weight excluding hydrogens is 298 g/mol. The van der Waals surface area contributed by atoms with Crippen LogP contribution in [0.15, 0.2) is 24.3 Å². The minimum Gasteiger partial charge on any atom is -0.368 e. The zero-order chi connectivity index (χ0) is 13.9. The lowest BCUT2D eigenvalue weighted by Crippen LogP contribution is -2.27. The summed E-state index contributed by atoms with van der Waals surface area (Å²) in [6.07, 6.45) is 1.27. The van der Waals surface area contributed by atoms with Crippen molar-refractivity contribution in [1.29, 1.82) is 0 Å². The number of rotatable bonds is 3. The molecule has 0 unspecified atom stereocenters. The average Bonchev–Trinajstić information content (AvgIpc) is 3.10. The molecule has 1 N–H and O–H groups in total. The Morgan fingerprint density at radius 3 is 3.05 bits per heavy atom. The summed E-state index contributed by atoms with van der Waals surface area (Å²) in [5, 5.41) is 3.97. The Kier molecular flexibility index (Phi) is 3.95. The van der Waals surface area contributed by atoms with Crippen LogP contribution in [0, 0.1) is 0 Å². The highest BCUT2D eigenvalue weighted by atomic mass is 35.5. The number of halogens is 1. The quantitative estimate of drug-likeness (QED) is 0.946. The van der Waals surface area contributed by atoms with Gasteiger partial charge in [0.15, 0.2) is 0 Å². The third-order valence-corrected chi connectivity index (χ3v) is 4.07. The van der Waals surface area contributed by atoms with Gasteiger partial charge in [-0.05, 0) is 30.4 Å². The molecule has 1 amide bonds. The van der Waals surface area contributed by atoms with Crippen LogP contribution in [-0.2, 0) is 9.53 Å². The molecule has 1 aromatic carbocycles. The van der Waals surface area contributed by atoms with Crippen LogP contribution in [0.25, 0.3) is 10.6 Å². The first-order valence-corrected chi connectivity index (χ1v) is 7.40. The van der Waals surface area contributed by atoms with Gasteiger partial charge >= 0.3 is 0 Å². The summed E-state index contributed by atoms with van der Waals surface area (Å²) in [7, 11) is 0. The van der Waals surface area contributed by atoms with Gasteiger partial charge in [-0.3, -0.25) is 10.1 Å². The molecule has 0 radical (unpaired) electrons. The van der Waals surface area contributed by atoms with Crippen molar-refractivity contribution in [2.45, 2.75) is 18.9 Å². The summed E-state index contributed by atoms with van der Waals surface area (Å²) in [6, 6.07) is 7.40. The largest absolute Gasteiger partial charge is 0.368 e. The van der Waals surface area contributed by atoms with Crippen molar-refractivity contribution < 1.29 is 9.53 Å². The third kappa shape index (κ3) is 2.82. The van der Waals surface area contributed by atoms with Crippen molar-refractivity contribution in [2.75, 3.05) is 11.9 Å². The predicted octanol–water partition coefficient (Wildman–Crippen LogP) is 2.98. The molecule has 1 aromatic heterocycles. The Bertz CT molecular complexity index is 626. The number of hydrogen-bond donors (Lipinski definition) is 1. The number of carbonyl (C=O) groups is 1. The monoisotopic (exact) mass is 309 g/mol. The minimum absolute atomic E-state index is 0.189. The van der Waals surface area contributed by atoms with E-state index in [1.54, 1.807) is 6.07 Å². The van der Waals surface area contributed by atoms with Crippen LogP contribution in [0.3, 0.4) is 0 Å². The fourth-order valence-electron chi connectivity index (χ4n) is 1.99. The fourth-order valence-corrected chi connectivity index (χ4v) is 2.94. The molecule has 3 rings (SSSR count). The van der Waals surface area contributed by atoms with Gasteiger partial charge < -0.3 is 4.74 Å². The molecule has 1 aliphatic heterocycles. The molecule has 104 valence electrons. The standard InChI is InChI=1S/C13H12ClN3O2S/c14-9-5-2-1-4-8(9)12-16-13(17-20-12)15-11(18)10-6-3-7-19-10/h1-2,4-5,10H,3,6-7H2,(H,15,17,18)/t10-/m1/s1. The first-order chi connectivity index (χ1) is 9.74. The van der Waals surface area contributed by atoms with E-state index in [1.807, 2.05) is 18.2 Å². The lowest BCUT2D eigenvalue weighted by atomic mass is 10.2. The Balaban J connectivity index is 1.74. The van der Waals surface area contributed by atoms with E-state index in [0.717, 1.165) is 18.4 Å². The number of amides is 1. The molecule has 0 saturated carbocycles. The molecule has 1 aliphatic rings. The van der Waals surface area contributed by atoms with Crippen molar-refractivity contribution in [2.24, 2.45) is 0 Å². The molecule has 1 saturated heterocycles. The lowest BCUT2D eigenvalue weighted by molar-refractivity contribution is -0.124. The second-order valence-corrected chi connectivity index (χ2v) is 5.55. The van der Waals surface area contributed by atoms with Crippen molar-refractivity contribution in [3.05, 3.63) is 29.3 Å². The molecule has 1 fully saturated rings. The molecule has 7 heteroatoms. The highest BCUT2D eigenvalue weighted by molar-refractivity contribution is 7.09. The molecule has 2 aromatic rings. The molecule has 20 heavy (non-hydrogen) atoms. The van der Waals surface area contributed by atoms with E-state index in [0.29, 0.717) is 22.6 Å². The van der Waals surface area contributed by atoms with Crippen LogP contribution in [0.2, 0.25) is 5.02 Å². The summed E-state index contributed by atoms with van der Waals surface area (Å²) in [6.45, 7) is 0.632. The van der Waals surface area contributed by atoms with E-state index in [-0.39, 0.29) is 12.0 Å². The van der Waals surface area contributed by atoms with Gasteiger partial charge in [-0.1, -0.05) is 29.8 Å². The zero-order valence-corrected chi connectivity index (χ0v) is 12.1. The van der Waals surface area contributed by atoms with Crippen LogP contribution in [0.4, 0.5) is 5.95 Å². The van der Waals surface area contributed by atoms with Gasteiger partial charge in [0.2, 0.25) is 5.95 Å². The van der Waals surface area contributed by atoms with Gasteiger partial charge in [-0.25, -0.2) is 0 Å². The first kappa shape index (κ1) is 13.5. The Labute approximate surface area is 125 Å². The van der Waals surface area contributed by atoms with Gasteiger partial charge in [0.25, 0.3) is 5.91 Å². The molecule has 5 nitrogen and oxygen atoms in total. The Hall–Kier alpha value is -1.50. The molecule has 0 bridgehead atoms. The van der Waals surface area contributed by atoms with Crippen LogP contribution in [0.5, 0.6) is 0 Å². The van der Waals surface area contributed by atoms with Gasteiger partial charge in [-0.2, -0.15) is 9.36 Å². The second-order valence-electron chi connectivity index (χ2n) is 4.39. The zero-order valence-electron chi connectivity index (χ0n) is 10.5. The average molecular weight is 310 g/mol. The number of aromatic nitrogens is 2. The summed E-state index contributed by atoms with van der Waals surface area (Å²) in [4.78, 5) is 16.2. The normalized spacial score (nSPS) is 18.1. The minimum atomic E-state index is -0.387. The summed E-state index contributed by atoms with van der Waals surface area (Å²) in [5.41, 5.74) is 0.810. The van der Waals surface area contributed by atoms with Crippen LogP contribution in [-0.4, -0.2) is 28.0 Å². The van der Waals surface area contributed by atoms with Crippen molar-refractivity contribution in [3.63, 3.8) is 0 Å². The highest BCUT2D eigenvalue weighted by Crippen LogP contribution is 2.29. The van der Waals surface area contributed by atoms with E-state index in [9.17, 15) is 4.79 Å². The van der Waals surface area contributed by atoms with E-state index in [2.05, 4.69) is 14.7 Å². The van der Waals surface area contributed by atoms with Gasteiger partial charge in [0.1, 0.15) is 11.1 Å². The number of nitrogens with one attached hydrogen (secondary N) is 1.